The molecule has 2 rings (SSSR count). The number of rotatable bonds is 8. The number of ether oxygens (including phenoxy) is 1. The highest BCUT2D eigenvalue weighted by Crippen LogP contribution is 2.18. The molecule has 0 unspecified atom stereocenters. The molecule has 0 saturated carbocycles. The number of hydrogen-bond acceptors (Lipinski definition) is 4. The van der Waals surface area contributed by atoms with Gasteiger partial charge in [-0.25, -0.2) is 4.39 Å². The Labute approximate surface area is 147 Å². The van der Waals surface area contributed by atoms with Gasteiger partial charge >= 0.3 is 0 Å². The highest BCUT2D eigenvalue weighted by molar-refractivity contribution is 6.07. The van der Waals surface area contributed by atoms with Crippen LogP contribution in [0.5, 0.6) is 5.75 Å². The highest BCUT2D eigenvalue weighted by atomic mass is 19.1. The van der Waals surface area contributed by atoms with Gasteiger partial charge in [0.05, 0.1) is 7.11 Å². The van der Waals surface area contributed by atoms with Crippen LogP contribution in [0, 0.1) is 5.82 Å². The molecule has 0 aliphatic heterocycles. The Kier molecular flexibility index (Phi) is 6.71. The number of anilines is 1. The molecule has 4 nitrogen and oxygen atoms in total. The zero-order valence-corrected chi connectivity index (χ0v) is 14.8. The van der Waals surface area contributed by atoms with Crippen LogP contribution in [0.3, 0.4) is 0 Å². The van der Waals surface area contributed by atoms with Crippen LogP contribution in [-0.4, -0.2) is 45.0 Å². The zero-order chi connectivity index (χ0) is 18.2. The van der Waals surface area contributed by atoms with Gasteiger partial charge in [0.1, 0.15) is 11.6 Å². The minimum Gasteiger partial charge on any atom is -0.497 e. The molecule has 2 aromatic rings. The van der Waals surface area contributed by atoms with E-state index in [2.05, 4.69) is 10.2 Å². The summed E-state index contributed by atoms with van der Waals surface area (Å²) in [5.41, 5.74) is 1.86. The molecule has 5 heteroatoms. The van der Waals surface area contributed by atoms with Crippen LogP contribution in [-0.2, 0) is 0 Å². The summed E-state index contributed by atoms with van der Waals surface area (Å²) in [6.45, 7) is 1.76. The first-order valence-electron chi connectivity index (χ1n) is 8.04. The van der Waals surface area contributed by atoms with Crippen LogP contribution in [0.1, 0.15) is 15.9 Å². The monoisotopic (exact) mass is 342 g/mol. The third-order valence-corrected chi connectivity index (χ3v) is 3.68. The van der Waals surface area contributed by atoms with Crippen molar-refractivity contribution >= 4 is 17.5 Å². The quantitative estimate of drug-likeness (QED) is 0.587. The zero-order valence-electron chi connectivity index (χ0n) is 14.8. The Hall–Kier alpha value is -2.66. The highest BCUT2D eigenvalue weighted by Gasteiger charge is 2.04. The Morgan fingerprint density at radius 2 is 1.92 bits per heavy atom. The molecule has 0 radical (unpaired) electrons. The van der Waals surface area contributed by atoms with Gasteiger partial charge in [-0.2, -0.15) is 0 Å². The first-order valence-corrected chi connectivity index (χ1v) is 8.04. The van der Waals surface area contributed by atoms with Crippen LogP contribution < -0.4 is 10.1 Å². The van der Waals surface area contributed by atoms with Crippen LogP contribution in [0.2, 0.25) is 0 Å². The summed E-state index contributed by atoms with van der Waals surface area (Å²) in [6.07, 6.45) is 2.85. The van der Waals surface area contributed by atoms with Gasteiger partial charge in [0, 0.05) is 36.0 Å². The normalized spacial score (nSPS) is 11.1. The lowest BCUT2D eigenvalue weighted by Crippen LogP contribution is -2.20. The van der Waals surface area contributed by atoms with Crippen molar-refractivity contribution in [2.75, 3.05) is 39.6 Å². The summed E-state index contributed by atoms with van der Waals surface area (Å²) in [5, 5.41) is 3.29. The predicted octanol–water partition coefficient (Wildman–Crippen LogP) is 3.70. The van der Waals surface area contributed by atoms with Crippen molar-refractivity contribution in [3.05, 3.63) is 65.5 Å². The lowest BCUT2D eigenvalue weighted by Gasteiger charge is -2.11. The number of methoxy groups -OCH3 is 1. The first-order chi connectivity index (χ1) is 12.0. The van der Waals surface area contributed by atoms with E-state index in [9.17, 15) is 9.18 Å². The number of hydrogen-bond donors (Lipinski definition) is 1. The summed E-state index contributed by atoms with van der Waals surface area (Å²) in [6, 6.07) is 11.8. The summed E-state index contributed by atoms with van der Waals surface area (Å²) >= 11 is 0. The molecule has 0 atom stereocenters. The van der Waals surface area contributed by atoms with Crippen molar-refractivity contribution in [1.29, 1.82) is 0 Å². The van der Waals surface area contributed by atoms with Crippen LogP contribution in [0.4, 0.5) is 10.1 Å². The van der Waals surface area contributed by atoms with E-state index in [4.69, 9.17) is 4.74 Å². The maximum atomic E-state index is 13.9. The number of ketones is 1. The minimum atomic E-state index is -0.427. The Morgan fingerprint density at radius 1 is 1.20 bits per heavy atom. The number of halogens is 1. The largest absolute Gasteiger partial charge is 0.497 e. The van der Waals surface area contributed by atoms with Crippen molar-refractivity contribution < 1.29 is 13.9 Å². The molecule has 0 aliphatic rings. The Morgan fingerprint density at radius 3 is 2.52 bits per heavy atom. The smallest absolute Gasteiger partial charge is 0.185 e. The van der Waals surface area contributed by atoms with E-state index in [-0.39, 0.29) is 5.78 Å². The molecule has 0 heterocycles. The van der Waals surface area contributed by atoms with E-state index >= 15 is 0 Å². The van der Waals surface area contributed by atoms with E-state index in [0.29, 0.717) is 16.9 Å². The third kappa shape index (κ3) is 5.72. The fourth-order valence-corrected chi connectivity index (χ4v) is 2.21. The van der Waals surface area contributed by atoms with Gasteiger partial charge in [0.25, 0.3) is 0 Å². The number of allylic oxidation sites excluding steroid dienone is 1. The van der Waals surface area contributed by atoms with Gasteiger partial charge < -0.3 is 15.0 Å². The maximum absolute atomic E-state index is 13.9. The molecule has 132 valence electrons. The Balaban J connectivity index is 1.98. The summed E-state index contributed by atoms with van der Waals surface area (Å²) < 4.78 is 18.8. The van der Waals surface area contributed by atoms with Gasteiger partial charge in [0.15, 0.2) is 5.78 Å². The van der Waals surface area contributed by atoms with Crippen LogP contribution in [0.15, 0.2) is 48.5 Å². The van der Waals surface area contributed by atoms with Crippen molar-refractivity contribution in [2.24, 2.45) is 0 Å². The van der Waals surface area contributed by atoms with E-state index < -0.39 is 5.82 Å². The second-order valence-electron chi connectivity index (χ2n) is 5.89. The fraction of sp³-hybridized carbons (Fsp3) is 0.250. The number of carbonyl (C=O) groups is 1. The molecule has 0 aromatic heterocycles. The second kappa shape index (κ2) is 8.99. The standard InChI is InChI=1S/C20H23FN2O2/c1-23(2)13-12-22-17-8-4-16(5-9-17)20(24)11-7-15-6-10-18(25-3)14-19(15)21/h4-11,14,22H,12-13H2,1-3H3/b11-7+. The summed E-state index contributed by atoms with van der Waals surface area (Å²) in [4.78, 5) is 14.3. The van der Waals surface area contributed by atoms with Gasteiger partial charge in [-0.1, -0.05) is 0 Å². The number of nitrogens with one attached hydrogen (secondary N) is 1. The van der Waals surface area contributed by atoms with Crippen molar-refractivity contribution in [1.82, 2.24) is 4.90 Å². The molecular weight excluding hydrogens is 319 g/mol. The molecular formula is C20H23FN2O2. The average molecular weight is 342 g/mol. The molecule has 0 bridgehead atoms. The SMILES string of the molecule is COc1ccc(/C=C/C(=O)c2ccc(NCCN(C)C)cc2)c(F)c1. The van der Waals surface area contributed by atoms with E-state index in [0.717, 1.165) is 18.8 Å². The van der Waals surface area contributed by atoms with Crippen LogP contribution in [0.25, 0.3) is 6.08 Å². The Bertz CT molecular complexity index is 740. The molecule has 0 aliphatic carbocycles. The van der Waals surface area contributed by atoms with Crippen molar-refractivity contribution in [3.63, 3.8) is 0 Å². The van der Waals surface area contributed by atoms with Crippen molar-refractivity contribution in [3.8, 4) is 5.75 Å². The van der Waals surface area contributed by atoms with Gasteiger partial charge in [0.2, 0.25) is 0 Å². The maximum Gasteiger partial charge on any atom is 0.185 e. The average Bonchev–Trinajstić information content (AvgIpc) is 2.60. The van der Waals surface area contributed by atoms with E-state index in [1.807, 2.05) is 26.2 Å². The topological polar surface area (TPSA) is 41.6 Å². The predicted molar refractivity (Wildman–Crippen MR) is 99.8 cm³/mol. The fourth-order valence-electron chi connectivity index (χ4n) is 2.21. The minimum absolute atomic E-state index is 0.171. The molecule has 0 spiro atoms. The van der Waals surface area contributed by atoms with Crippen LogP contribution >= 0.6 is 0 Å². The summed E-state index contributed by atoms with van der Waals surface area (Å²) in [5.74, 6) is -0.155. The van der Waals surface area contributed by atoms with Gasteiger partial charge in [-0.15, -0.1) is 0 Å². The van der Waals surface area contributed by atoms with E-state index in [1.165, 1.54) is 25.3 Å². The number of nitrogens with zero attached hydrogens (tertiary/aromatic N) is 1. The first kappa shape index (κ1) is 18.7. The number of carbonyl (C=O) groups excluding carboxylic acids is 1. The molecule has 2 aromatic carbocycles. The molecule has 0 saturated heterocycles. The molecule has 0 fully saturated rings. The lowest BCUT2D eigenvalue weighted by molar-refractivity contribution is 0.104. The lowest BCUT2D eigenvalue weighted by atomic mass is 10.1. The van der Waals surface area contributed by atoms with Crippen molar-refractivity contribution in [2.45, 2.75) is 0 Å². The van der Waals surface area contributed by atoms with Gasteiger partial charge in [-0.3, -0.25) is 4.79 Å². The molecule has 25 heavy (non-hydrogen) atoms. The third-order valence-electron chi connectivity index (χ3n) is 3.68. The van der Waals surface area contributed by atoms with Gasteiger partial charge in [-0.05, 0) is 62.6 Å². The molecule has 1 N–H and O–H groups in total. The molecule has 0 amide bonds. The van der Waals surface area contributed by atoms with E-state index in [1.54, 1.807) is 24.3 Å². The summed E-state index contributed by atoms with van der Waals surface area (Å²) in [7, 11) is 5.51. The number of benzene rings is 2. The number of likely N-dealkylation sites (N-methyl/N-ethyl adjacent to an activating group) is 1. The second-order valence-corrected chi connectivity index (χ2v) is 5.89.